The number of aromatic nitrogens is 2. The van der Waals surface area contributed by atoms with Crippen LogP contribution in [0.15, 0.2) is 42.5 Å². The van der Waals surface area contributed by atoms with E-state index in [1.54, 1.807) is 18.2 Å². The molecule has 1 aromatic heterocycles. The Morgan fingerprint density at radius 2 is 1.72 bits per heavy atom. The Morgan fingerprint density at radius 1 is 1.04 bits per heavy atom. The molecule has 0 aliphatic carbocycles. The maximum Gasteiger partial charge on any atom is 0.335 e. The monoisotopic (exact) mass is 339 g/mol. The molecule has 0 fully saturated rings. The summed E-state index contributed by atoms with van der Waals surface area (Å²) in [6.07, 6.45) is 0. The number of nitrogens with zero attached hydrogens (tertiary/aromatic N) is 3. The zero-order valence-corrected chi connectivity index (χ0v) is 14.0. The number of halogens is 1. The average Bonchev–Trinajstić information content (AvgIpc) is 2.62. The minimum absolute atomic E-state index is 0.168. The molecule has 0 saturated heterocycles. The van der Waals surface area contributed by atoms with Crippen LogP contribution in [0.4, 0.5) is 10.2 Å². The minimum Gasteiger partial charge on any atom is -0.478 e. The van der Waals surface area contributed by atoms with E-state index in [2.05, 4.69) is 9.97 Å². The van der Waals surface area contributed by atoms with Crippen LogP contribution in [0.5, 0.6) is 0 Å². The second-order valence-corrected chi connectivity index (χ2v) is 5.58. The van der Waals surface area contributed by atoms with Crippen LogP contribution in [0.3, 0.4) is 0 Å². The number of fused-ring (bicyclic) bond motifs is 1. The molecule has 5 nitrogen and oxygen atoms in total. The van der Waals surface area contributed by atoms with E-state index in [1.807, 2.05) is 18.7 Å². The molecule has 6 heteroatoms. The first kappa shape index (κ1) is 16.8. The van der Waals surface area contributed by atoms with Crippen molar-refractivity contribution in [3.05, 3.63) is 53.8 Å². The molecule has 0 aliphatic rings. The third kappa shape index (κ3) is 3.28. The Bertz CT molecular complexity index is 922. The highest BCUT2D eigenvalue weighted by atomic mass is 19.1. The summed E-state index contributed by atoms with van der Waals surface area (Å²) in [5.41, 5.74) is 2.70. The van der Waals surface area contributed by atoms with Gasteiger partial charge in [0.05, 0.1) is 16.6 Å². The van der Waals surface area contributed by atoms with Gasteiger partial charge >= 0.3 is 5.97 Å². The predicted molar refractivity (Wildman–Crippen MR) is 95.5 cm³/mol. The lowest BCUT2D eigenvalue weighted by Crippen LogP contribution is -2.24. The van der Waals surface area contributed by atoms with E-state index in [1.165, 1.54) is 24.3 Å². The standard InChI is InChI=1S/C19H18FN3O2/c1-3-23(4-2)18-17(12-5-8-14(20)9-6-12)21-15-10-7-13(19(24)25)11-16(15)22-18/h5-11H,3-4H2,1-2H3,(H,24,25). The van der Waals surface area contributed by atoms with Crippen molar-refractivity contribution in [1.29, 1.82) is 0 Å². The van der Waals surface area contributed by atoms with Gasteiger partial charge in [0.1, 0.15) is 11.5 Å². The Kier molecular flexibility index (Phi) is 4.61. The van der Waals surface area contributed by atoms with Crippen molar-refractivity contribution in [2.45, 2.75) is 13.8 Å². The minimum atomic E-state index is -1.00. The van der Waals surface area contributed by atoms with Crippen molar-refractivity contribution >= 4 is 22.8 Å². The molecule has 3 rings (SSSR count). The molecule has 2 aromatic carbocycles. The van der Waals surface area contributed by atoms with Crippen LogP contribution in [0, 0.1) is 5.82 Å². The molecule has 1 heterocycles. The van der Waals surface area contributed by atoms with E-state index in [0.717, 1.165) is 18.7 Å². The van der Waals surface area contributed by atoms with Crippen molar-refractivity contribution in [1.82, 2.24) is 9.97 Å². The highest BCUT2D eigenvalue weighted by molar-refractivity contribution is 5.93. The van der Waals surface area contributed by atoms with Crippen LogP contribution in [-0.2, 0) is 0 Å². The molecule has 128 valence electrons. The third-order valence-electron chi connectivity index (χ3n) is 4.07. The summed E-state index contributed by atoms with van der Waals surface area (Å²) in [6, 6.07) is 10.8. The summed E-state index contributed by atoms with van der Waals surface area (Å²) in [5.74, 6) is -0.657. The lowest BCUT2D eigenvalue weighted by molar-refractivity contribution is 0.0697. The largest absolute Gasteiger partial charge is 0.478 e. The van der Waals surface area contributed by atoms with Crippen LogP contribution in [0.25, 0.3) is 22.3 Å². The van der Waals surface area contributed by atoms with Gasteiger partial charge in [0.15, 0.2) is 5.82 Å². The summed E-state index contributed by atoms with van der Waals surface area (Å²) in [5, 5.41) is 9.18. The Labute approximate surface area is 144 Å². The summed E-state index contributed by atoms with van der Waals surface area (Å²) >= 11 is 0. The topological polar surface area (TPSA) is 66.3 Å². The molecule has 0 spiro atoms. The van der Waals surface area contributed by atoms with E-state index in [4.69, 9.17) is 0 Å². The van der Waals surface area contributed by atoms with Gasteiger partial charge in [0.2, 0.25) is 0 Å². The summed E-state index contributed by atoms with van der Waals surface area (Å²) < 4.78 is 13.3. The van der Waals surface area contributed by atoms with Gasteiger partial charge in [0, 0.05) is 18.7 Å². The highest BCUT2D eigenvalue weighted by Gasteiger charge is 2.16. The number of rotatable bonds is 5. The van der Waals surface area contributed by atoms with Crippen molar-refractivity contribution in [3.8, 4) is 11.3 Å². The fraction of sp³-hybridized carbons (Fsp3) is 0.211. The smallest absolute Gasteiger partial charge is 0.335 e. The number of benzene rings is 2. The summed E-state index contributed by atoms with van der Waals surface area (Å²) in [7, 11) is 0. The van der Waals surface area contributed by atoms with Crippen LogP contribution in [0.2, 0.25) is 0 Å². The molecule has 0 atom stereocenters. The molecule has 3 aromatic rings. The Hall–Kier alpha value is -3.02. The molecule has 0 aliphatic heterocycles. The molecule has 0 bridgehead atoms. The van der Waals surface area contributed by atoms with E-state index in [0.29, 0.717) is 22.5 Å². The lowest BCUT2D eigenvalue weighted by atomic mass is 10.1. The Balaban J connectivity index is 2.25. The van der Waals surface area contributed by atoms with Gasteiger partial charge < -0.3 is 10.0 Å². The number of aromatic carboxylic acids is 1. The average molecular weight is 339 g/mol. The first-order valence-electron chi connectivity index (χ1n) is 8.09. The normalized spacial score (nSPS) is 10.8. The zero-order chi connectivity index (χ0) is 18.0. The van der Waals surface area contributed by atoms with Crippen LogP contribution in [-0.4, -0.2) is 34.1 Å². The van der Waals surface area contributed by atoms with Crippen molar-refractivity contribution in [2.75, 3.05) is 18.0 Å². The third-order valence-corrected chi connectivity index (χ3v) is 4.07. The molecule has 0 radical (unpaired) electrons. The molecular weight excluding hydrogens is 321 g/mol. The zero-order valence-electron chi connectivity index (χ0n) is 14.0. The van der Waals surface area contributed by atoms with Gasteiger partial charge in [0.25, 0.3) is 0 Å². The quantitative estimate of drug-likeness (QED) is 0.761. The van der Waals surface area contributed by atoms with E-state index >= 15 is 0 Å². The Morgan fingerprint density at radius 3 is 2.32 bits per heavy atom. The lowest BCUT2D eigenvalue weighted by Gasteiger charge is -2.23. The molecule has 0 amide bonds. The highest BCUT2D eigenvalue weighted by Crippen LogP contribution is 2.30. The van der Waals surface area contributed by atoms with Crippen LogP contribution < -0.4 is 4.90 Å². The predicted octanol–water partition coefficient (Wildman–Crippen LogP) is 3.98. The number of carboxylic acids is 1. The molecule has 1 N–H and O–H groups in total. The second kappa shape index (κ2) is 6.84. The number of hydrogen-bond donors (Lipinski definition) is 1. The number of hydrogen-bond acceptors (Lipinski definition) is 4. The fourth-order valence-electron chi connectivity index (χ4n) is 2.72. The van der Waals surface area contributed by atoms with Gasteiger partial charge in [-0.15, -0.1) is 0 Å². The summed E-state index contributed by atoms with van der Waals surface area (Å²) in [4.78, 5) is 22.6. The number of carbonyl (C=O) groups is 1. The van der Waals surface area contributed by atoms with E-state index in [9.17, 15) is 14.3 Å². The van der Waals surface area contributed by atoms with Crippen molar-refractivity contribution in [3.63, 3.8) is 0 Å². The van der Waals surface area contributed by atoms with Crippen molar-refractivity contribution < 1.29 is 14.3 Å². The van der Waals surface area contributed by atoms with E-state index in [-0.39, 0.29) is 11.4 Å². The van der Waals surface area contributed by atoms with Gasteiger partial charge in [-0.05, 0) is 56.3 Å². The second-order valence-electron chi connectivity index (χ2n) is 5.58. The number of carboxylic acid groups (broad SMARTS) is 1. The van der Waals surface area contributed by atoms with Gasteiger partial charge in [-0.25, -0.2) is 19.2 Å². The summed E-state index contributed by atoms with van der Waals surface area (Å²) in [6.45, 7) is 5.47. The SMILES string of the molecule is CCN(CC)c1nc2cc(C(=O)O)ccc2nc1-c1ccc(F)cc1. The molecule has 0 saturated carbocycles. The molecular formula is C19H18FN3O2. The van der Waals surface area contributed by atoms with Crippen LogP contribution in [0.1, 0.15) is 24.2 Å². The van der Waals surface area contributed by atoms with Gasteiger partial charge in [-0.1, -0.05) is 0 Å². The first-order chi connectivity index (χ1) is 12.0. The number of anilines is 1. The fourth-order valence-corrected chi connectivity index (χ4v) is 2.72. The maximum atomic E-state index is 13.3. The van der Waals surface area contributed by atoms with Crippen LogP contribution >= 0.6 is 0 Å². The van der Waals surface area contributed by atoms with Gasteiger partial charge in [-0.3, -0.25) is 0 Å². The maximum absolute atomic E-state index is 13.3. The molecule has 0 unspecified atom stereocenters. The van der Waals surface area contributed by atoms with Gasteiger partial charge in [-0.2, -0.15) is 0 Å². The first-order valence-corrected chi connectivity index (χ1v) is 8.09. The molecule has 25 heavy (non-hydrogen) atoms. The van der Waals surface area contributed by atoms with Crippen molar-refractivity contribution in [2.24, 2.45) is 0 Å². The van der Waals surface area contributed by atoms with E-state index < -0.39 is 5.97 Å².